The summed E-state index contributed by atoms with van der Waals surface area (Å²) in [4.78, 5) is 11.8. The van der Waals surface area contributed by atoms with E-state index in [4.69, 9.17) is 5.84 Å². The van der Waals surface area contributed by atoms with E-state index in [9.17, 15) is 4.79 Å². The van der Waals surface area contributed by atoms with E-state index in [1.807, 2.05) is 31.2 Å². The van der Waals surface area contributed by atoms with Gasteiger partial charge in [-0.05, 0) is 13.3 Å². The van der Waals surface area contributed by atoms with Gasteiger partial charge in [-0.1, -0.05) is 67.8 Å². The van der Waals surface area contributed by atoms with Crippen LogP contribution in [-0.4, -0.2) is 33.1 Å². The Hall–Kier alpha value is -2.02. The lowest BCUT2D eigenvalue weighted by molar-refractivity contribution is -0.118. The normalized spacial score (nSPS) is 10.8. The molecule has 0 unspecified atom stereocenters. The summed E-state index contributed by atoms with van der Waals surface area (Å²) in [6.07, 6.45) is 4.58. The van der Waals surface area contributed by atoms with E-state index in [2.05, 4.69) is 22.4 Å². The molecule has 0 aliphatic carbocycles. The standard InChI is InChI=1S/C17H25N5OS/c1-3-4-5-6-11-19-15(23)12-24-17-21-20-16(22(17)18)14-9-7-13(2)8-10-14/h7-10H,3-6,11-12,18H2,1-2H3,(H,19,23). The molecule has 1 amide bonds. The van der Waals surface area contributed by atoms with Crippen LogP contribution in [0, 0.1) is 6.92 Å². The van der Waals surface area contributed by atoms with Crippen LogP contribution in [0.5, 0.6) is 0 Å². The van der Waals surface area contributed by atoms with Crippen LogP contribution in [0.4, 0.5) is 0 Å². The van der Waals surface area contributed by atoms with Gasteiger partial charge in [0.15, 0.2) is 5.82 Å². The van der Waals surface area contributed by atoms with E-state index >= 15 is 0 Å². The van der Waals surface area contributed by atoms with Gasteiger partial charge in [0, 0.05) is 12.1 Å². The minimum atomic E-state index is -0.00335. The number of benzene rings is 1. The second-order valence-corrected chi connectivity index (χ2v) is 6.68. The number of amides is 1. The van der Waals surface area contributed by atoms with Gasteiger partial charge in [0.05, 0.1) is 5.75 Å². The molecule has 6 nitrogen and oxygen atoms in total. The molecule has 0 radical (unpaired) electrons. The quantitative estimate of drug-likeness (QED) is 0.414. The van der Waals surface area contributed by atoms with E-state index in [1.165, 1.54) is 34.8 Å². The SMILES string of the molecule is CCCCCCNC(=O)CSc1nnc(-c2ccc(C)cc2)n1N. The van der Waals surface area contributed by atoms with Crippen molar-refractivity contribution in [1.82, 2.24) is 20.2 Å². The first-order valence-corrected chi connectivity index (χ1v) is 9.27. The molecule has 2 rings (SSSR count). The molecule has 7 heteroatoms. The van der Waals surface area contributed by atoms with Crippen molar-refractivity contribution in [3.63, 3.8) is 0 Å². The average Bonchev–Trinajstić information content (AvgIpc) is 2.94. The Morgan fingerprint density at radius 2 is 1.96 bits per heavy atom. The first-order valence-electron chi connectivity index (χ1n) is 8.29. The molecule has 0 aliphatic heterocycles. The third kappa shape index (κ3) is 5.26. The van der Waals surface area contributed by atoms with Crippen molar-refractivity contribution in [2.24, 2.45) is 0 Å². The van der Waals surface area contributed by atoms with E-state index in [0.717, 1.165) is 24.9 Å². The van der Waals surface area contributed by atoms with Crippen molar-refractivity contribution in [3.8, 4) is 11.4 Å². The maximum atomic E-state index is 11.8. The topological polar surface area (TPSA) is 85.8 Å². The zero-order valence-electron chi connectivity index (χ0n) is 14.3. The summed E-state index contributed by atoms with van der Waals surface area (Å²) in [6, 6.07) is 7.92. The Labute approximate surface area is 147 Å². The number of aryl methyl sites for hydroxylation is 1. The van der Waals surface area contributed by atoms with Crippen molar-refractivity contribution < 1.29 is 4.79 Å². The molecule has 0 bridgehead atoms. The average molecular weight is 347 g/mol. The van der Waals surface area contributed by atoms with E-state index < -0.39 is 0 Å². The number of nitrogens with one attached hydrogen (secondary N) is 1. The Morgan fingerprint density at radius 1 is 1.21 bits per heavy atom. The number of hydrogen-bond donors (Lipinski definition) is 2. The van der Waals surface area contributed by atoms with Gasteiger partial charge in [-0.3, -0.25) is 4.79 Å². The zero-order chi connectivity index (χ0) is 17.4. The predicted octanol–water partition coefficient (Wildman–Crippen LogP) is 2.76. The van der Waals surface area contributed by atoms with Gasteiger partial charge in [0.2, 0.25) is 11.1 Å². The molecule has 24 heavy (non-hydrogen) atoms. The van der Waals surface area contributed by atoms with Crippen molar-refractivity contribution in [2.75, 3.05) is 18.1 Å². The Balaban J connectivity index is 1.83. The lowest BCUT2D eigenvalue weighted by Gasteiger charge is -2.05. The van der Waals surface area contributed by atoms with Crippen LogP contribution in [0.3, 0.4) is 0 Å². The van der Waals surface area contributed by atoms with Crippen molar-refractivity contribution in [3.05, 3.63) is 29.8 Å². The molecule has 3 N–H and O–H groups in total. The van der Waals surface area contributed by atoms with Crippen LogP contribution in [-0.2, 0) is 4.79 Å². The fourth-order valence-corrected chi connectivity index (χ4v) is 2.92. The van der Waals surface area contributed by atoms with E-state index in [0.29, 0.717) is 11.0 Å². The summed E-state index contributed by atoms with van der Waals surface area (Å²) in [6.45, 7) is 4.92. The van der Waals surface area contributed by atoms with Crippen molar-refractivity contribution in [1.29, 1.82) is 0 Å². The smallest absolute Gasteiger partial charge is 0.230 e. The number of thioether (sulfide) groups is 1. The minimum Gasteiger partial charge on any atom is -0.355 e. The Morgan fingerprint density at radius 3 is 2.67 bits per heavy atom. The number of nitrogens with zero attached hydrogens (tertiary/aromatic N) is 3. The molecule has 1 aromatic heterocycles. The third-order valence-electron chi connectivity index (χ3n) is 3.66. The Bertz CT molecular complexity index is 654. The number of carbonyl (C=O) groups excluding carboxylic acids is 1. The molecule has 0 spiro atoms. The highest BCUT2D eigenvalue weighted by atomic mass is 32.2. The van der Waals surface area contributed by atoms with Crippen molar-refractivity contribution in [2.45, 2.75) is 44.7 Å². The van der Waals surface area contributed by atoms with Crippen LogP contribution in [0.25, 0.3) is 11.4 Å². The monoisotopic (exact) mass is 347 g/mol. The van der Waals surface area contributed by atoms with Crippen LogP contribution in [0.1, 0.15) is 38.2 Å². The summed E-state index contributed by atoms with van der Waals surface area (Å²) in [5.41, 5.74) is 2.08. The summed E-state index contributed by atoms with van der Waals surface area (Å²) in [5, 5.41) is 11.7. The number of nitrogen functional groups attached to an aromatic ring is 1. The highest BCUT2D eigenvalue weighted by Gasteiger charge is 2.13. The van der Waals surface area contributed by atoms with Gasteiger partial charge in [-0.15, -0.1) is 10.2 Å². The molecule has 0 aliphatic rings. The number of hydrogen-bond acceptors (Lipinski definition) is 5. The van der Waals surface area contributed by atoms with Gasteiger partial charge in [-0.25, -0.2) is 4.68 Å². The Kier molecular flexibility index (Phi) is 7.11. The van der Waals surface area contributed by atoms with Crippen LogP contribution < -0.4 is 11.2 Å². The fraction of sp³-hybridized carbons (Fsp3) is 0.471. The first-order chi connectivity index (χ1) is 11.6. The molecular weight excluding hydrogens is 322 g/mol. The lowest BCUT2D eigenvalue weighted by atomic mass is 10.1. The molecule has 1 aromatic carbocycles. The number of nitrogens with two attached hydrogens (primary N) is 1. The van der Waals surface area contributed by atoms with Gasteiger partial charge < -0.3 is 11.2 Å². The number of rotatable bonds is 9. The van der Waals surface area contributed by atoms with Gasteiger partial charge in [0.25, 0.3) is 0 Å². The highest BCUT2D eigenvalue weighted by Crippen LogP contribution is 2.21. The summed E-state index contributed by atoms with van der Waals surface area (Å²) in [5.74, 6) is 6.93. The maximum absolute atomic E-state index is 11.8. The third-order valence-corrected chi connectivity index (χ3v) is 4.60. The van der Waals surface area contributed by atoms with Gasteiger partial charge >= 0.3 is 0 Å². The number of carbonyl (C=O) groups is 1. The zero-order valence-corrected chi connectivity index (χ0v) is 15.1. The number of aromatic nitrogens is 3. The molecule has 1 heterocycles. The highest BCUT2D eigenvalue weighted by molar-refractivity contribution is 7.99. The second kappa shape index (κ2) is 9.32. The summed E-state index contributed by atoms with van der Waals surface area (Å²) < 4.78 is 1.43. The van der Waals surface area contributed by atoms with E-state index in [1.54, 1.807) is 0 Å². The largest absolute Gasteiger partial charge is 0.355 e. The molecule has 0 saturated carbocycles. The molecular formula is C17H25N5OS. The molecule has 130 valence electrons. The molecule has 0 atom stereocenters. The first kappa shape index (κ1) is 18.3. The van der Waals surface area contributed by atoms with Crippen LogP contribution in [0.2, 0.25) is 0 Å². The van der Waals surface area contributed by atoms with Crippen LogP contribution in [0.15, 0.2) is 29.4 Å². The maximum Gasteiger partial charge on any atom is 0.230 e. The van der Waals surface area contributed by atoms with Crippen molar-refractivity contribution >= 4 is 17.7 Å². The molecule has 0 saturated heterocycles. The van der Waals surface area contributed by atoms with Crippen LogP contribution >= 0.6 is 11.8 Å². The second-order valence-electron chi connectivity index (χ2n) is 5.74. The lowest BCUT2D eigenvalue weighted by Crippen LogP contribution is -2.26. The minimum absolute atomic E-state index is 0.00335. The molecule has 2 aromatic rings. The predicted molar refractivity (Wildman–Crippen MR) is 98.2 cm³/mol. The van der Waals surface area contributed by atoms with E-state index in [-0.39, 0.29) is 11.7 Å². The molecule has 0 fully saturated rings. The fourth-order valence-electron chi connectivity index (χ4n) is 2.24. The summed E-state index contributed by atoms with van der Waals surface area (Å²) >= 11 is 1.29. The van der Waals surface area contributed by atoms with Gasteiger partial charge in [-0.2, -0.15) is 0 Å². The van der Waals surface area contributed by atoms with Gasteiger partial charge in [0.1, 0.15) is 0 Å². The number of unbranched alkanes of at least 4 members (excludes halogenated alkanes) is 3. The summed E-state index contributed by atoms with van der Waals surface area (Å²) in [7, 11) is 0.